The molecule has 2 N–H and O–H groups in total. The van der Waals surface area contributed by atoms with Crippen LogP contribution in [0.5, 0.6) is 0 Å². The summed E-state index contributed by atoms with van der Waals surface area (Å²) < 4.78 is 0. The summed E-state index contributed by atoms with van der Waals surface area (Å²) in [6, 6.07) is 8.03. The molecule has 3 rings (SSSR count). The van der Waals surface area contributed by atoms with E-state index in [1.165, 1.54) is 19.3 Å². The number of piperidine rings is 1. The Morgan fingerprint density at radius 3 is 2.94 bits per heavy atom. The Labute approximate surface area is 101 Å². The number of carbonyl (C=O) groups is 1. The van der Waals surface area contributed by atoms with E-state index in [1.807, 2.05) is 12.1 Å². The SMILES string of the molecule is O=C(O)c1ccccc1C12CCCC(CC1)N2. The quantitative estimate of drug-likeness (QED) is 0.822. The molecule has 2 unspecified atom stereocenters. The molecule has 3 nitrogen and oxygen atoms in total. The Morgan fingerprint density at radius 1 is 1.29 bits per heavy atom. The summed E-state index contributed by atoms with van der Waals surface area (Å²) in [5.74, 6) is -0.814. The van der Waals surface area contributed by atoms with E-state index >= 15 is 0 Å². The van der Waals surface area contributed by atoms with E-state index < -0.39 is 5.97 Å². The smallest absolute Gasteiger partial charge is 0.336 e. The number of benzene rings is 1. The van der Waals surface area contributed by atoms with Gasteiger partial charge in [-0.3, -0.25) is 0 Å². The van der Waals surface area contributed by atoms with Gasteiger partial charge in [0.2, 0.25) is 0 Å². The Morgan fingerprint density at radius 2 is 2.12 bits per heavy atom. The minimum atomic E-state index is -0.814. The van der Waals surface area contributed by atoms with Gasteiger partial charge in [-0.1, -0.05) is 18.2 Å². The number of nitrogens with one attached hydrogen (secondary N) is 1. The molecule has 2 aliphatic heterocycles. The average Bonchev–Trinajstić information content (AvgIpc) is 2.66. The van der Waals surface area contributed by atoms with Crippen LogP contribution in [0.25, 0.3) is 0 Å². The third-order valence-electron chi connectivity index (χ3n) is 4.23. The minimum Gasteiger partial charge on any atom is -0.478 e. The van der Waals surface area contributed by atoms with Gasteiger partial charge in [0, 0.05) is 11.6 Å². The summed E-state index contributed by atoms with van der Waals surface area (Å²) in [5, 5.41) is 12.9. The fraction of sp³-hybridized carbons (Fsp3) is 0.500. The van der Waals surface area contributed by atoms with E-state index in [2.05, 4.69) is 5.32 Å². The molecule has 17 heavy (non-hydrogen) atoms. The van der Waals surface area contributed by atoms with Crippen LogP contribution in [0.2, 0.25) is 0 Å². The molecule has 2 aliphatic rings. The summed E-state index contributed by atoms with van der Waals surface area (Å²) in [5.41, 5.74) is 1.37. The van der Waals surface area contributed by atoms with Gasteiger partial charge in [0.1, 0.15) is 0 Å². The van der Waals surface area contributed by atoms with E-state index in [9.17, 15) is 9.90 Å². The number of aromatic carboxylic acids is 1. The zero-order chi connectivity index (χ0) is 11.9. The van der Waals surface area contributed by atoms with Crippen molar-refractivity contribution >= 4 is 5.97 Å². The van der Waals surface area contributed by atoms with Crippen molar-refractivity contribution in [1.82, 2.24) is 5.32 Å². The highest BCUT2D eigenvalue weighted by molar-refractivity contribution is 5.89. The molecule has 2 bridgehead atoms. The Balaban J connectivity index is 2.06. The van der Waals surface area contributed by atoms with Crippen molar-refractivity contribution in [2.45, 2.75) is 43.7 Å². The van der Waals surface area contributed by atoms with Crippen molar-refractivity contribution < 1.29 is 9.90 Å². The predicted octanol–water partition coefficient (Wildman–Crippen LogP) is 2.52. The summed E-state index contributed by atoms with van der Waals surface area (Å²) in [7, 11) is 0. The van der Waals surface area contributed by atoms with Gasteiger partial charge in [0.05, 0.1) is 5.56 Å². The second-order valence-electron chi connectivity index (χ2n) is 5.21. The molecule has 0 saturated carbocycles. The summed E-state index contributed by atoms with van der Waals surface area (Å²) in [6.07, 6.45) is 5.74. The molecular formula is C14H17NO2. The van der Waals surface area contributed by atoms with Crippen LogP contribution in [0.4, 0.5) is 0 Å². The molecule has 1 aromatic carbocycles. The summed E-state index contributed by atoms with van der Waals surface area (Å²) >= 11 is 0. The zero-order valence-electron chi connectivity index (χ0n) is 9.78. The first-order chi connectivity index (χ1) is 8.21. The van der Waals surface area contributed by atoms with Gasteiger partial charge in [0.25, 0.3) is 0 Å². The molecule has 0 spiro atoms. The number of hydrogen-bond donors (Lipinski definition) is 2. The van der Waals surface area contributed by atoms with Crippen LogP contribution in [0.15, 0.2) is 24.3 Å². The third kappa shape index (κ3) is 1.65. The Kier molecular flexibility index (Phi) is 2.44. The lowest BCUT2D eigenvalue weighted by molar-refractivity contribution is 0.0692. The van der Waals surface area contributed by atoms with Crippen molar-refractivity contribution in [2.24, 2.45) is 0 Å². The lowest BCUT2D eigenvalue weighted by Gasteiger charge is -2.36. The van der Waals surface area contributed by atoms with E-state index in [0.717, 1.165) is 18.4 Å². The molecule has 0 aliphatic carbocycles. The molecule has 0 aromatic heterocycles. The van der Waals surface area contributed by atoms with E-state index in [1.54, 1.807) is 12.1 Å². The lowest BCUT2D eigenvalue weighted by Crippen LogP contribution is -2.44. The molecule has 2 fully saturated rings. The molecule has 3 heteroatoms. The van der Waals surface area contributed by atoms with Crippen LogP contribution in [0.3, 0.4) is 0 Å². The maximum Gasteiger partial charge on any atom is 0.336 e. The second-order valence-corrected chi connectivity index (χ2v) is 5.21. The van der Waals surface area contributed by atoms with Gasteiger partial charge < -0.3 is 10.4 Å². The monoisotopic (exact) mass is 231 g/mol. The van der Waals surface area contributed by atoms with Crippen LogP contribution in [-0.2, 0) is 5.54 Å². The van der Waals surface area contributed by atoms with Crippen molar-refractivity contribution in [3.05, 3.63) is 35.4 Å². The number of rotatable bonds is 2. The van der Waals surface area contributed by atoms with Gasteiger partial charge in [-0.05, 0) is 43.7 Å². The van der Waals surface area contributed by atoms with Crippen molar-refractivity contribution in [2.75, 3.05) is 0 Å². The predicted molar refractivity (Wildman–Crippen MR) is 65.1 cm³/mol. The average molecular weight is 231 g/mol. The maximum atomic E-state index is 11.3. The highest BCUT2D eigenvalue weighted by atomic mass is 16.4. The van der Waals surface area contributed by atoms with Gasteiger partial charge >= 0.3 is 5.97 Å². The Bertz CT molecular complexity index is 453. The second kappa shape index (κ2) is 3.84. The molecular weight excluding hydrogens is 214 g/mol. The third-order valence-corrected chi connectivity index (χ3v) is 4.23. The first kappa shape index (κ1) is 10.8. The topological polar surface area (TPSA) is 49.3 Å². The van der Waals surface area contributed by atoms with Gasteiger partial charge in [-0.15, -0.1) is 0 Å². The number of carboxylic acids is 1. The van der Waals surface area contributed by atoms with Crippen molar-refractivity contribution in [1.29, 1.82) is 0 Å². The van der Waals surface area contributed by atoms with Crippen LogP contribution >= 0.6 is 0 Å². The highest BCUT2D eigenvalue weighted by Gasteiger charge is 2.44. The van der Waals surface area contributed by atoms with Gasteiger partial charge in [-0.25, -0.2) is 4.79 Å². The number of carboxylic acid groups (broad SMARTS) is 1. The molecule has 90 valence electrons. The highest BCUT2D eigenvalue weighted by Crippen LogP contribution is 2.43. The first-order valence-corrected chi connectivity index (χ1v) is 6.32. The first-order valence-electron chi connectivity index (χ1n) is 6.32. The minimum absolute atomic E-state index is 0.0715. The fourth-order valence-corrected chi connectivity index (χ4v) is 3.45. The maximum absolute atomic E-state index is 11.3. The van der Waals surface area contributed by atoms with Crippen LogP contribution in [-0.4, -0.2) is 17.1 Å². The number of fused-ring (bicyclic) bond motifs is 2. The van der Waals surface area contributed by atoms with Gasteiger partial charge in [-0.2, -0.15) is 0 Å². The molecule has 2 atom stereocenters. The van der Waals surface area contributed by atoms with Crippen molar-refractivity contribution in [3.8, 4) is 0 Å². The molecule has 0 radical (unpaired) electrons. The Hall–Kier alpha value is -1.35. The van der Waals surface area contributed by atoms with Crippen LogP contribution in [0.1, 0.15) is 48.0 Å². The molecule has 2 saturated heterocycles. The molecule has 2 heterocycles. The fourth-order valence-electron chi connectivity index (χ4n) is 3.45. The standard InChI is InChI=1S/C14H17NO2/c16-13(17)11-5-1-2-6-12(11)14-8-3-4-10(15-14)7-9-14/h1-2,5-6,10,15H,3-4,7-9H2,(H,16,17). The zero-order valence-corrected chi connectivity index (χ0v) is 9.78. The van der Waals surface area contributed by atoms with Crippen LogP contribution in [0, 0.1) is 0 Å². The number of hydrogen-bond acceptors (Lipinski definition) is 2. The largest absolute Gasteiger partial charge is 0.478 e. The van der Waals surface area contributed by atoms with E-state index in [-0.39, 0.29) is 5.54 Å². The lowest BCUT2D eigenvalue weighted by atomic mass is 9.81. The van der Waals surface area contributed by atoms with Gasteiger partial charge in [0.15, 0.2) is 0 Å². The summed E-state index contributed by atoms with van der Waals surface area (Å²) in [6.45, 7) is 0. The van der Waals surface area contributed by atoms with Crippen molar-refractivity contribution in [3.63, 3.8) is 0 Å². The van der Waals surface area contributed by atoms with Crippen LogP contribution < -0.4 is 5.32 Å². The normalized spacial score (nSPS) is 31.4. The molecule has 1 aromatic rings. The summed E-state index contributed by atoms with van der Waals surface area (Å²) in [4.78, 5) is 11.3. The molecule has 0 amide bonds. The van der Waals surface area contributed by atoms with E-state index in [4.69, 9.17) is 0 Å². The van der Waals surface area contributed by atoms with E-state index in [0.29, 0.717) is 11.6 Å².